The molecule has 2 N–H and O–H groups in total. The molecule has 0 unspecified atom stereocenters. The van der Waals surface area contributed by atoms with E-state index in [0.29, 0.717) is 16.9 Å². The summed E-state index contributed by atoms with van der Waals surface area (Å²) in [6.45, 7) is 5.56. The number of anilines is 1. The van der Waals surface area contributed by atoms with Crippen LogP contribution in [0, 0.1) is 5.92 Å². The van der Waals surface area contributed by atoms with Gasteiger partial charge in [-0.1, -0.05) is 26.1 Å². The number of aromatic nitrogens is 1. The van der Waals surface area contributed by atoms with Gasteiger partial charge in [-0.15, -0.1) is 0 Å². The van der Waals surface area contributed by atoms with Crippen molar-refractivity contribution in [3.05, 3.63) is 24.0 Å². The molecule has 2 rings (SSSR count). The van der Waals surface area contributed by atoms with Gasteiger partial charge in [0.25, 0.3) is 0 Å². The zero-order valence-electron chi connectivity index (χ0n) is 11.1. The molecule has 1 heterocycles. The summed E-state index contributed by atoms with van der Waals surface area (Å²) in [5.41, 5.74) is 7.64. The van der Waals surface area contributed by atoms with E-state index in [1.165, 1.54) is 19.3 Å². The van der Waals surface area contributed by atoms with Gasteiger partial charge in [-0.2, -0.15) is 0 Å². The molecule has 18 heavy (non-hydrogen) atoms. The number of rotatable bonds is 6. The van der Waals surface area contributed by atoms with Crippen molar-refractivity contribution in [2.45, 2.75) is 39.2 Å². The van der Waals surface area contributed by atoms with Crippen molar-refractivity contribution >= 4 is 22.9 Å². The number of hydrogen-bond acceptors (Lipinski definition) is 3. The molecule has 1 aliphatic rings. The molecule has 98 valence electrons. The Morgan fingerprint density at radius 2 is 2.28 bits per heavy atom. The Balaban J connectivity index is 2.22. The van der Waals surface area contributed by atoms with Crippen LogP contribution in [0.1, 0.15) is 38.8 Å². The zero-order valence-corrected chi connectivity index (χ0v) is 11.9. The lowest BCUT2D eigenvalue weighted by Gasteiger charge is -2.27. The van der Waals surface area contributed by atoms with Crippen LogP contribution in [0.2, 0.25) is 0 Å². The molecule has 0 radical (unpaired) electrons. The first-order valence-corrected chi connectivity index (χ1v) is 7.02. The summed E-state index contributed by atoms with van der Waals surface area (Å²) in [5, 5.41) is 0. The van der Waals surface area contributed by atoms with E-state index in [4.69, 9.17) is 18.0 Å². The normalized spacial score (nSPS) is 14.8. The van der Waals surface area contributed by atoms with Crippen molar-refractivity contribution in [3.63, 3.8) is 0 Å². The number of thiocarbonyl (C=S) groups is 1. The number of pyridine rings is 1. The van der Waals surface area contributed by atoms with Crippen LogP contribution in [0.4, 0.5) is 5.69 Å². The van der Waals surface area contributed by atoms with E-state index in [1.807, 2.05) is 6.07 Å². The molecule has 0 saturated heterocycles. The minimum Gasteiger partial charge on any atom is -0.388 e. The van der Waals surface area contributed by atoms with Crippen LogP contribution in [0.3, 0.4) is 0 Å². The molecule has 1 aromatic heterocycles. The van der Waals surface area contributed by atoms with Crippen molar-refractivity contribution in [1.82, 2.24) is 4.98 Å². The fraction of sp³-hybridized carbons (Fsp3) is 0.571. The maximum absolute atomic E-state index is 5.77. The Bertz CT molecular complexity index is 427. The third-order valence-corrected chi connectivity index (χ3v) is 3.46. The summed E-state index contributed by atoms with van der Waals surface area (Å²) < 4.78 is 0. The summed E-state index contributed by atoms with van der Waals surface area (Å²) in [6.07, 6.45) is 5.47. The van der Waals surface area contributed by atoms with Crippen LogP contribution in [-0.4, -0.2) is 22.6 Å². The first-order chi connectivity index (χ1) is 8.59. The Labute approximate surface area is 114 Å². The monoisotopic (exact) mass is 263 g/mol. The van der Waals surface area contributed by atoms with Gasteiger partial charge in [0.05, 0.1) is 5.69 Å². The highest BCUT2D eigenvalue weighted by Gasteiger charge is 2.30. The van der Waals surface area contributed by atoms with Gasteiger partial charge in [0.15, 0.2) is 0 Å². The molecule has 0 bridgehead atoms. The minimum atomic E-state index is 0.390. The zero-order chi connectivity index (χ0) is 13.1. The predicted octanol–water partition coefficient (Wildman–Crippen LogP) is 2.73. The Kier molecular flexibility index (Phi) is 4.17. The number of hydrogen-bond donors (Lipinski definition) is 1. The van der Waals surface area contributed by atoms with Crippen LogP contribution >= 0.6 is 12.2 Å². The lowest BCUT2D eigenvalue weighted by Crippen LogP contribution is -2.30. The molecule has 1 fully saturated rings. The van der Waals surface area contributed by atoms with Crippen molar-refractivity contribution < 1.29 is 0 Å². The highest BCUT2D eigenvalue weighted by Crippen LogP contribution is 2.33. The van der Waals surface area contributed by atoms with Crippen molar-refractivity contribution in [2.75, 3.05) is 11.4 Å². The minimum absolute atomic E-state index is 0.390. The largest absolute Gasteiger partial charge is 0.388 e. The lowest BCUT2D eigenvalue weighted by atomic mass is 10.1. The maximum Gasteiger partial charge on any atom is 0.124 e. The SMILES string of the molecule is CC(C)CCN(c1cccnc1C(N)=S)C1CC1. The van der Waals surface area contributed by atoms with Crippen LogP contribution in [0.5, 0.6) is 0 Å². The van der Waals surface area contributed by atoms with Gasteiger partial charge in [-0.3, -0.25) is 4.98 Å². The summed E-state index contributed by atoms with van der Waals surface area (Å²) in [4.78, 5) is 7.15. The highest BCUT2D eigenvalue weighted by atomic mass is 32.1. The summed E-state index contributed by atoms with van der Waals surface area (Å²) in [6, 6.07) is 4.70. The molecule has 1 aliphatic carbocycles. The van der Waals surface area contributed by atoms with Crippen molar-refractivity contribution in [1.29, 1.82) is 0 Å². The van der Waals surface area contributed by atoms with Crippen molar-refractivity contribution in [3.8, 4) is 0 Å². The molecule has 3 nitrogen and oxygen atoms in total. The Morgan fingerprint density at radius 3 is 2.83 bits per heavy atom. The van der Waals surface area contributed by atoms with Gasteiger partial charge in [-0.05, 0) is 37.3 Å². The second kappa shape index (κ2) is 5.65. The summed E-state index contributed by atoms with van der Waals surface area (Å²) in [7, 11) is 0. The van der Waals surface area contributed by atoms with E-state index in [-0.39, 0.29) is 0 Å². The number of nitrogens with zero attached hydrogens (tertiary/aromatic N) is 2. The van der Waals surface area contributed by atoms with E-state index in [2.05, 4.69) is 29.8 Å². The molecular weight excluding hydrogens is 242 g/mol. The molecule has 0 spiro atoms. The van der Waals surface area contributed by atoms with Gasteiger partial charge >= 0.3 is 0 Å². The maximum atomic E-state index is 5.77. The quantitative estimate of drug-likeness (QED) is 0.801. The molecule has 0 aliphatic heterocycles. The third kappa shape index (κ3) is 3.19. The topological polar surface area (TPSA) is 42.2 Å². The average molecular weight is 263 g/mol. The van der Waals surface area contributed by atoms with E-state index in [9.17, 15) is 0 Å². The van der Waals surface area contributed by atoms with Crippen LogP contribution in [-0.2, 0) is 0 Å². The third-order valence-electron chi connectivity index (χ3n) is 3.26. The molecular formula is C14H21N3S. The van der Waals surface area contributed by atoms with Crippen LogP contribution < -0.4 is 10.6 Å². The van der Waals surface area contributed by atoms with E-state index >= 15 is 0 Å². The van der Waals surface area contributed by atoms with E-state index in [1.54, 1.807) is 6.20 Å². The molecule has 0 atom stereocenters. The van der Waals surface area contributed by atoms with Gasteiger partial charge in [0.1, 0.15) is 10.7 Å². The Hall–Kier alpha value is -1.16. The van der Waals surface area contributed by atoms with Gasteiger partial charge < -0.3 is 10.6 Å². The standard InChI is InChI=1S/C14H21N3S/c1-10(2)7-9-17(11-5-6-11)12-4-3-8-16-13(12)14(15)18/h3-4,8,10-11H,5-7,9H2,1-2H3,(H2,15,18). The van der Waals surface area contributed by atoms with E-state index < -0.39 is 0 Å². The first-order valence-electron chi connectivity index (χ1n) is 6.61. The van der Waals surface area contributed by atoms with Gasteiger partial charge in [-0.25, -0.2) is 0 Å². The molecule has 0 aromatic carbocycles. The molecule has 1 saturated carbocycles. The lowest BCUT2D eigenvalue weighted by molar-refractivity contribution is 0.570. The smallest absolute Gasteiger partial charge is 0.124 e. The highest BCUT2D eigenvalue weighted by molar-refractivity contribution is 7.80. The second-order valence-electron chi connectivity index (χ2n) is 5.34. The van der Waals surface area contributed by atoms with Crippen LogP contribution in [0.15, 0.2) is 18.3 Å². The first kappa shape index (κ1) is 13.3. The fourth-order valence-corrected chi connectivity index (χ4v) is 2.26. The van der Waals surface area contributed by atoms with Crippen LogP contribution in [0.25, 0.3) is 0 Å². The second-order valence-corrected chi connectivity index (χ2v) is 5.78. The van der Waals surface area contributed by atoms with Gasteiger partial charge in [0.2, 0.25) is 0 Å². The fourth-order valence-electron chi connectivity index (χ4n) is 2.10. The van der Waals surface area contributed by atoms with Crippen molar-refractivity contribution in [2.24, 2.45) is 11.7 Å². The Morgan fingerprint density at radius 1 is 1.56 bits per heavy atom. The molecule has 1 aromatic rings. The molecule has 4 heteroatoms. The average Bonchev–Trinajstić information content (AvgIpc) is 3.14. The predicted molar refractivity (Wildman–Crippen MR) is 79.9 cm³/mol. The number of nitrogens with two attached hydrogens (primary N) is 1. The summed E-state index contributed by atoms with van der Waals surface area (Å²) >= 11 is 5.10. The molecule has 0 amide bonds. The van der Waals surface area contributed by atoms with E-state index in [0.717, 1.165) is 17.9 Å². The summed E-state index contributed by atoms with van der Waals surface area (Å²) in [5.74, 6) is 0.705. The van der Waals surface area contributed by atoms with Gasteiger partial charge in [0, 0.05) is 18.8 Å².